The van der Waals surface area contributed by atoms with Crippen molar-refractivity contribution in [3.05, 3.63) is 82.6 Å². The molecule has 0 saturated heterocycles. The molecule has 9 heteroatoms. The molecule has 0 N–H and O–H groups in total. The number of halogens is 3. The minimum atomic E-state index is -4.63. The number of nitriles is 1. The van der Waals surface area contributed by atoms with Crippen LogP contribution in [0.4, 0.5) is 13.2 Å². The van der Waals surface area contributed by atoms with E-state index in [9.17, 15) is 18.4 Å². The molecule has 0 bridgehead atoms. The van der Waals surface area contributed by atoms with Crippen molar-refractivity contribution in [2.45, 2.75) is 38.5 Å². The maximum Gasteiger partial charge on any atom is 0.418 e. The van der Waals surface area contributed by atoms with Crippen molar-refractivity contribution in [1.82, 2.24) is 19.7 Å². The lowest BCUT2D eigenvalue weighted by Crippen LogP contribution is -2.23. The summed E-state index contributed by atoms with van der Waals surface area (Å²) in [6.07, 6.45) is 4.18. The molecule has 6 nitrogen and oxygen atoms in total. The van der Waals surface area contributed by atoms with Gasteiger partial charge in [-0.25, -0.2) is 4.68 Å². The predicted octanol–water partition coefficient (Wildman–Crippen LogP) is 6.11. The summed E-state index contributed by atoms with van der Waals surface area (Å²) in [6.45, 7) is 1.92. The van der Waals surface area contributed by atoms with E-state index in [4.69, 9.17) is 4.74 Å². The van der Waals surface area contributed by atoms with Crippen molar-refractivity contribution < 1.29 is 17.9 Å². The van der Waals surface area contributed by atoms with E-state index in [2.05, 4.69) is 15.1 Å². The Morgan fingerprint density at radius 3 is 2.80 bits per heavy atom. The molecule has 4 aromatic rings. The zero-order valence-electron chi connectivity index (χ0n) is 18.8. The molecule has 1 atom stereocenters. The normalized spacial score (nSPS) is 15.8. The molecule has 3 heterocycles. The summed E-state index contributed by atoms with van der Waals surface area (Å²) < 4.78 is 49.1. The highest BCUT2D eigenvalue weighted by Gasteiger charge is 2.40. The van der Waals surface area contributed by atoms with Crippen LogP contribution in [-0.2, 0) is 12.6 Å². The van der Waals surface area contributed by atoms with Crippen LogP contribution in [0.1, 0.15) is 52.6 Å². The van der Waals surface area contributed by atoms with Crippen LogP contribution >= 0.6 is 0 Å². The summed E-state index contributed by atoms with van der Waals surface area (Å²) in [7, 11) is 0. The van der Waals surface area contributed by atoms with E-state index in [-0.39, 0.29) is 17.7 Å². The van der Waals surface area contributed by atoms with E-state index in [1.54, 1.807) is 29.2 Å². The second kappa shape index (κ2) is 8.87. The lowest BCUT2D eigenvalue weighted by atomic mass is 9.88. The number of ether oxygens (including phenoxy) is 1. The third kappa shape index (κ3) is 4.47. The Labute approximate surface area is 199 Å². The van der Waals surface area contributed by atoms with Gasteiger partial charge in [-0.05, 0) is 67.7 Å². The SMILES string of the molecule is Cc1cc(/C=C/n2ncc3ccc(O[C@H]4CCCc5c4ncc(C#N)c5C(F)(F)F)cc32)ccn1. The Kier molecular flexibility index (Phi) is 5.73. The molecule has 0 radical (unpaired) electrons. The van der Waals surface area contributed by atoms with Gasteiger partial charge in [-0.15, -0.1) is 0 Å². The Morgan fingerprint density at radius 1 is 1.17 bits per heavy atom. The van der Waals surface area contributed by atoms with Crippen LogP contribution in [0.25, 0.3) is 23.2 Å². The van der Waals surface area contributed by atoms with Crippen molar-refractivity contribution >= 4 is 23.2 Å². The molecular formula is C26H20F3N5O. The standard InChI is InChI=1S/C26H20F3N5O/c1-16-11-17(7-9-31-16)8-10-34-22-12-20(6-5-18(22)15-33-34)35-23-4-2-3-21-24(26(27,28)29)19(13-30)14-32-25(21)23/h5-12,14-15,23H,2-4H2,1H3/b10-8+/t23-/m0/s1. The van der Waals surface area contributed by atoms with Gasteiger partial charge in [-0.3, -0.25) is 9.97 Å². The highest BCUT2D eigenvalue weighted by atomic mass is 19.4. The van der Waals surface area contributed by atoms with Gasteiger partial charge in [0.25, 0.3) is 0 Å². The predicted molar refractivity (Wildman–Crippen MR) is 124 cm³/mol. The number of pyridine rings is 2. The Bertz CT molecular complexity index is 1480. The van der Waals surface area contributed by atoms with Gasteiger partial charge < -0.3 is 4.74 Å². The molecule has 176 valence electrons. The quantitative estimate of drug-likeness (QED) is 0.356. The minimum absolute atomic E-state index is 0.0505. The Morgan fingerprint density at radius 2 is 2.03 bits per heavy atom. The molecule has 0 aliphatic heterocycles. The van der Waals surface area contributed by atoms with Crippen LogP contribution in [0.2, 0.25) is 0 Å². The lowest BCUT2D eigenvalue weighted by Gasteiger charge is -2.28. The third-order valence-electron chi connectivity index (χ3n) is 5.99. The number of aromatic nitrogens is 4. The molecule has 0 spiro atoms. The molecule has 35 heavy (non-hydrogen) atoms. The number of hydrogen-bond donors (Lipinski definition) is 0. The largest absolute Gasteiger partial charge is 0.484 e. The molecule has 0 fully saturated rings. The summed E-state index contributed by atoms with van der Waals surface area (Å²) in [4.78, 5) is 8.39. The van der Waals surface area contributed by atoms with Gasteiger partial charge in [-0.1, -0.05) is 0 Å². The van der Waals surface area contributed by atoms with Gasteiger partial charge in [0.05, 0.1) is 28.5 Å². The van der Waals surface area contributed by atoms with Crippen LogP contribution in [0.5, 0.6) is 5.75 Å². The summed E-state index contributed by atoms with van der Waals surface area (Å²) in [6, 6.07) is 10.9. The van der Waals surface area contributed by atoms with Gasteiger partial charge in [0.2, 0.25) is 0 Å². The topological polar surface area (TPSA) is 76.6 Å². The number of hydrogen-bond acceptors (Lipinski definition) is 5. The van der Waals surface area contributed by atoms with Crippen LogP contribution in [-0.4, -0.2) is 19.7 Å². The van der Waals surface area contributed by atoms with Crippen LogP contribution in [0.15, 0.2) is 48.9 Å². The van der Waals surface area contributed by atoms with Crippen molar-refractivity contribution in [3.63, 3.8) is 0 Å². The number of rotatable bonds is 4. The fourth-order valence-electron chi connectivity index (χ4n) is 4.42. The third-order valence-corrected chi connectivity index (χ3v) is 5.99. The monoisotopic (exact) mass is 475 g/mol. The Balaban J connectivity index is 1.46. The van der Waals surface area contributed by atoms with Gasteiger partial charge in [0.1, 0.15) is 17.9 Å². The van der Waals surface area contributed by atoms with E-state index < -0.39 is 23.4 Å². The maximum absolute atomic E-state index is 13.7. The molecule has 1 aliphatic carbocycles. The van der Waals surface area contributed by atoms with Crippen molar-refractivity contribution in [2.75, 3.05) is 0 Å². The fraction of sp³-hybridized carbons (Fsp3) is 0.231. The van der Waals surface area contributed by atoms with Gasteiger partial charge in [0.15, 0.2) is 0 Å². The van der Waals surface area contributed by atoms with Crippen LogP contribution in [0.3, 0.4) is 0 Å². The first kappa shape index (κ1) is 22.6. The van der Waals surface area contributed by atoms with Gasteiger partial charge in [0, 0.05) is 35.7 Å². The van der Waals surface area contributed by atoms with Crippen molar-refractivity contribution in [3.8, 4) is 11.8 Å². The molecule has 0 amide bonds. The zero-order valence-corrected chi connectivity index (χ0v) is 18.8. The molecule has 1 aromatic carbocycles. The highest BCUT2D eigenvalue weighted by Crippen LogP contribution is 2.41. The number of aryl methyl sites for hydroxylation is 1. The van der Waals surface area contributed by atoms with E-state index in [0.29, 0.717) is 18.6 Å². The molecule has 5 rings (SSSR count). The number of alkyl halides is 3. The summed E-state index contributed by atoms with van der Waals surface area (Å²) in [5.41, 5.74) is 1.62. The molecule has 0 saturated carbocycles. The fourth-order valence-corrected chi connectivity index (χ4v) is 4.42. The minimum Gasteiger partial charge on any atom is -0.484 e. The van der Waals surface area contributed by atoms with Crippen LogP contribution in [0, 0.1) is 18.3 Å². The van der Waals surface area contributed by atoms with Crippen molar-refractivity contribution in [2.24, 2.45) is 0 Å². The Hall–Kier alpha value is -4.19. The molecular weight excluding hydrogens is 455 g/mol. The van der Waals surface area contributed by atoms with Gasteiger partial charge in [-0.2, -0.15) is 23.5 Å². The number of fused-ring (bicyclic) bond motifs is 2. The smallest absolute Gasteiger partial charge is 0.418 e. The summed E-state index contributed by atoms with van der Waals surface area (Å²) in [5.74, 6) is 0.505. The summed E-state index contributed by atoms with van der Waals surface area (Å²) >= 11 is 0. The molecule has 3 aromatic heterocycles. The second-order valence-electron chi connectivity index (χ2n) is 8.38. The zero-order chi connectivity index (χ0) is 24.6. The average Bonchev–Trinajstić information content (AvgIpc) is 3.24. The molecule has 0 unspecified atom stereocenters. The van der Waals surface area contributed by atoms with Crippen LogP contribution < -0.4 is 4.74 Å². The van der Waals surface area contributed by atoms with E-state index >= 15 is 0 Å². The first-order chi connectivity index (χ1) is 16.8. The van der Waals surface area contributed by atoms with E-state index in [0.717, 1.165) is 28.4 Å². The molecule has 1 aliphatic rings. The maximum atomic E-state index is 13.7. The average molecular weight is 475 g/mol. The first-order valence-electron chi connectivity index (χ1n) is 11.1. The lowest BCUT2D eigenvalue weighted by molar-refractivity contribution is -0.138. The number of benzene rings is 1. The number of nitrogens with zero attached hydrogens (tertiary/aromatic N) is 5. The summed E-state index contributed by atoms with van der Waals surface area (Å²) in [5, 5.41) is 14.5. The van der Waals surface area contributed by atoms with E-state index in [1.807, 2.05) is 43.5 Å². The van der Waals surface area contributed by atoms with Crippen molar-refractivity contribution in [1.29, 1.82) is 5.26 Å². The second-order valence-corrected chi connectivity index (χ2v) is 8.38. The van der Waals surface area contributed by atoms with Gasteiger partial charge >= 0.3 is 6.18 Å². The highest BCUT2D eigenvalue weighted by molar-refractivity contribution is 5.83. The first-order valence-corrected chi connectivity index (χ1v) is 11.1. The van der Waals surface area contributed by atoms with E-state index in [1.165, 1.54) is 0 Å².